The first kappa shape index (κ1) is 10.9. The topological polar surface area (TPSA) is 12.5 Å². The summed E-state index contributed by atoms with van der Waals surface area (Å²) < 4.78 is 5.46. The summed E-state index contributed by atoms with van der Waals surface area (Å²) in [6.45, 7) is 7.20. The highest BCUT2D eigenvalue weighted by molar-refractivity contribution is 4.47. The molecule has 2 nitrogen and oxygen atoms in total. The van der Waals surface area contributed by atoms with Crippen LogP contribution in [-0.2, 0) is 4.74 Å². The summed E-state index contributed by atoms with van der Waals surface area (Å²) in [5.41, 5.74) is 0. The van der Waals surface area contributed by atoms with E-state index in [1.54, 1.807) is 0 Å². The quantitative estimate of drug-likeness (QED) is 0.546. The van der Waals surface area contributed by atoms with Crippen LogP contribution in [0.2, 0.25) is 0 Å². The van der Waals surface area contributed by atoms with Gasteiger partial charge >= 0.3 is 0 Å². The number of ether oxygens (including phenoxy) is 1. The second-order valence-electron chi connectivity index (χ2n) is 3.39. The van der Waals surface area contributed by atoms with Crippen LogP contribution in [0.1, 0.15) is 20.3 Å². The largest absolute Gasteiger partial charge is 0.380 e. The highest BCUT2D eigenvalue weighted by atomic mass is 16.5. The molecule has 0 rings (SSSR count). The van der Waals surface area contributed by atoms with Crippen molar-refractivity contribution < 1.29 is 4.74 Å². The summed E-state index contributed by atoms with van der Waals surface area (Å²) in [6.07, 6.45) is 1.21. The number of hydrogen-bond donors (Lipinski definition) is 0. The van der Waals surface area contributed by atoms with Gasteiger partial charge in [-0.2, -0.15) is 0 Å². The van der Waals surface area contributed by atoms with E-state index in [0.717, 1.165) is 19.8 Å². The van der Waals surface area contributed by atoms with Crippen molar-refractivity contribution in [2.75, 3.05) is 33.9 Å². The summed E-state index contributed by atoms with van der Waals surface area (Å²) in [7, 11) is 4.12. The van der Waals surface area contributed by atoms with Gasteiger partial charge in [-0.25, -0.2) is 0 Å². The molecule has 1 unspecified atom stereocenters. The lowest BCUT2D eigenvalue weighted by molar-refractivity contribution is 0.0909. The molecule has 0 aliphatic rings. The van der Waals surface area contributed by atoms with Gasteiger partial charge in [-0.3, -0.25) is 0 Å². The van der Waals surface area contributed by atoms with Crippen molar-refractivity contribution in [2.24, 2.45) is 5.92 Å². The summed E-state index contributed by atoms with van der Waals surface area (Å²) in [6, 6.07) is 0. The minimum absolute atomic E-state index is 0.706. The molecule has 0 aliphatic heterocycles. The fourth-order valence-corrected chi connectivity index (χ4v) is 0.649. The summed E-state index contributed by atoms with van der Waals surface area (Å²) in [5, 5.41) is 0. The molecule has 0 spiro atoms. The van der Waals surface area contributed by atoms with Crippen LogP contribution >= 0.6 is 0 Å². The van der Waals surface area contributed by atoms with E-state index in [0.29, 0.717) is 5.92 Å². The first-order valence-corrected chi connectivity index (χ1v) is 4.39. The van der Waals surface area contributed by atoms with Crippen LogP contribution in [0.3, 0.4) is 0 Å². The Morgan fingerprint density at radius 1 is 1.36 bits per heavy atom. The lowest BCUT2D eigenvalue weighted by atomic mass is 10.1. The van der Waals surface area contributed by atoms with Crippen LogP contribution in [0.15, 0.2) is 0 Å². The van der Waals surface area contributed by atoms with E-state index in [9.17, 15) is 0 Å². The second-order valence-corrected chi connectivity index (χ2v) is 3.39. The maximum atomic E-state index is 5.46. The standard InChI is InChI=1S/C9H21NO/c1-5-9(2)8-11-7-6-10(3)4/h9H,5-8H2,1-4H3. The fourth-order valence-electron chi connectivity index (χ4n) is 0.649. The summed E-state index contributed by atoms with van der Waals surface area (Å²) >= 11 is 0. The van der Waals surface area contributed by atoms with Crippen molar-refractivity contribution in [2.45, 2.75) is 20.3 Å². The maximum Gasteiger partial charge on any atom is 0.0593 e. The Hall–Kier alpha value is -0.0800. The summed E-state index contributed by atoms with van der Waals surface area (Å²) in [4.78, 5) is 2.14. The molecule has 0 bridgehead atoms. The molecule has 0 amide bonds. The highest BCUT2D eigenvalue weighted by Gasteiger charge is 1.97. The lowest BCUT2D eigenvalue weighted by Gasteiger charge is -2.12. The Morgan fingerprint density at radius 3 is 2.45 bits per heavy atom. The Balaban J connectivity index is 3.01. The minimum Gasteiger partial charge on any atom is -0.380 e. The molecule has 2 heteroatoms. The molecule has 0 heterocycles. The third-order valence-electron chi connectivity index (χ3n) is 1.78. The van der Waals surface area contributed by atoms with Gasteiger partial charge in [0, 0.05) is 13.2 Å². The van der Waals surface area contributed by atoms with Gasteiger partial charge in [0.2, 0.25) is 0 Å². The molecule has 0 N–H and O–H groups in total. The van der Waals surface area contributed by atoms with Crippen molar-refractivity contribution in [1.82, 2.24) is 4.90 Å². The van der Waals surface area contributed by atoms with Gasteiger partial charge in [0.05, 0.1) is 6.61 Å². The predicted octanol–water partition coefficient (Wildman–Crippen LogP) is 1.61. The van der Waals surface area contributed by atoms with E-state index in [-0.39, 0.29) is 0 Å². The van der Waals surface area contributed by atoms with Gasteiger partial charge in [-0.1, -0.05) is 20.3 Å². The Kier molecular flexibility index (Phi) is 6.57. The molecule has 0 aromatic carbocycles. The van der Waals surface area contributed by atoms with Crippen molar-refractivity contribution >= 4 is 0 Å². The average Bonchev–Trinajstić information content (AvgIpc) is 1.97. The number of rotatable bonds is 6. The van der Waals surface area contributed by atoms with E-state index in [1.165, 1.54) is 6.42 Å². The minimum atomic E-state index is 0.706. The van der Waals surface area contributed by atoms with Crippen LogP contribution in [0, 0.1) is 5.92 Å². The Morgan fingerprint density at radius 2 is 2.00 bits per heavy atom. The average molecular weight is 159 g/mol. The van der Waals surface area contributed by atoms with Crippen molar-refractivity contribution in [3.05, 3.63) is 0 Å². The third kappa shape index (κ3) is 7.82. The first-order chi connectivity index (χ1) is 5.16. The molecule has 0 aromatic heterocycles. The Labute approximate surface area is 70.5 Å². The van der Waals surface area contributed by atoms with Crippen LogP contribution in [0.5, 0.6) is 0 Å². The number of nitrogens with zero attached hydrogens (tertiary/aromatic N) is 1. The van der Waals surface area contributed by atoms with E-state index >= 15 is 0 Å². The zero-order valence-electron chi connectivity index (χ0n) is 8.26. The second kappa shape index (κ2) is 6.62. The van der Waals surface area contributed by atoms with Crippen molar-refractivity contribution in [1.29, 1.82) is 0 Å². The smallest absolute Gasteiger partial charge is 0.0593 e. The Bertz CT molecular complexity index is 83.6. The normalized spacial score (nSPS) is 13.9. The molecule has 0 aliphatic carbocycles. The molecule has 68 valence electrons. The van der Waals surface area contributed by atoms with Crippen LogP contribution in [0.25, 0.3) is 0 Å². The molecular formula is C9H21NO. The molecule has 11 heavy (non-hydrogen) atoms. The molecule has 0 saturated carbocycles. The van der Waals surface area contributed by atoms with Crippen LogP contribution < -0.4 is 0 Å². The molecule has 0 aromatic rings. The van der Waals surface area contributed by atoms with Gasteiger partial charge < -0.3 is 9.64 Å². The van der Waals surface area contributed by atoms with Gasteiger partial charge in [-0.05, 0) is 20.0 Å². The number of likely N-dealkylation sites (N-methyl/N-ethyl adjacent to an activating group) is 1. The molecule has 0 saturated heterocycles. The van der Waals surface area contributed by atoms with Crippen molar-refractivity contribution in [3.8, 4) is 0 Å². The molecule has 1 atom stereocenters. The predicted molar refractivity (Wildman–Crippen MR) is 48.8 cm³/mol. The lowest BCUT2D eigenvalue weighted by Crippen LogP contribution is -2.19. The monoisotopic (exact) mass is 159 g/mol. The summed E-state index contributed by atoms with van der Waals surface area (Å²) in [5.74, 6) is 0.706. The van der Waals surface area contributed by atoms with Gasteiger partial charge in [0.1, 0.15) is 0 Å². The zero-order chi connectivity index (χ0) is 8.69. The fraction of sp³-hybridized carbons (Fsp3) is 1.00. The van der Waals surface area contributed by atoms with E-state index < -0.39 is 0 Å². The number of hydrogen-bond acceptors (Lipinski definition) is 2. The maximum absolute atomic E-state index is 5.46. The van der Waals surface area contributed by atoms with E-state index in [4.69, 9.17) is 4.74 Å². The first-order valence-electron chi connectivity index (χ1n) is 4.39. The zero-order valence-corrected chi connectivity index (χ0v) is 8.26. The molecule has 0 fully saturated rings. The molecule has 0 radical (unpaired) electrons. The van der Waals surface area contributed by atoms with Crippen LogP contribution in [-0.4, -0.2) is 38.8 Å². The van der Waals surface area contributed by atoms with Gasteiger partial charge in [0.25, 0.3) is 0 Å². The third-order valence-corrected chi connectivity index (χ3v) is 1.78. The molecular weight excluding hydrogens is 138 g/mol. The highest BCUT2D eigenvalue weighted by Crippen LogP contribution is 1.99. The van der Waals surface area contributed by atoms with Crippen molar-refractivity contribution in [3.63, 3.8) is 0 Å². The van der Waals surface area contributed by atoms with Gasteiger partial charge in [-0.15, -0.1) is 0 Å². The van der Waals surface area contributed by atoms with Gasteiger partial charge in [0.15, 0.2) is 0 Å². The van der Waals surface area contributed by atoms with E-state index in [1.807, 2.05) is 0 Å². The SMILES string of the molecule is CCC(C)COCCN(C)C. The van der Waals surface area contributed by atoms with Crippen LogP contribution in [0.4, 0.5) is 0 Å². The van der Waals surface area contributed by atoms with E-state index in [2.05, 4.69) is 32.8 Å².